The van der Waals surface area contributed by atoms with Crippen molar-refractivity contribution in [2.24, 2.45) is 12.0 Å². The maximum Gasteiger partial charge on any atom is 0.279 e. The van der Waals surface area contributed by atoms with Gasteiger partial charge in [0.25, 0.3) is 5.91 Å². The van der Waals surface area contributed by atoms with Gasteiger partial charge in [0.2, 0.25) is 10.0 Å². The molecule has 170 valence electrons. The molecule has 3 aromatic carbocycles. The molecule has 1 amide bonds. The number of nitrogens with zero attached hydrogens (tertiary/aromatic N) is 3. The average molecular weight is 520 g/mol. The first-order valence-corrected chi connectivity index (χ1v) is 12.8. The molecule has 0 saturated heterocycles. The summed E-state index contributed by atoms with van der Waals surface area (Å²) in [5.41, 5.74) is 1.86. The van der Waals surface area contributed by atoms with Gasteiger partial charge in [-0.3, -0.25) is 4.79 Å². The first kappa shape index (κ1) is 23.7. The molecule has 0 aliphatic carbocycles. The third-order valence-corrected chi connectivity index (χ3v) is 8.82. The van der Waals surface area contributed by atoms with Crippen LogP contribution >= 0.6 is 34.5 Å². The summed E-state index contributed by atoms with van der Waals surface area (Å²) in [4.78, 5) is 17.5. The molecule has 4 aromatic rings. The van der Waals surface area contributed by atoms with Crippen LogP contribution in [-0.2, 0) is 23.6 Å². The predicted octanol–water partition coefficient (Wildman–Crippen LogP) is 5.11. The van der Waals surface area contributed by atoms with Crippen LogP contribution in [0.2, 0.25) is 10.0 Å². The van der Waals surface area contributed by atoms with Gasteiger partial charge in [-0.15, -0.1) is 0 Å². The van der Waals surface area contributed by atoms with E-state index in [1.807, 2.05) is 36.4 Å². The molecule has 0 fully saturated rings. The van der Waals surface area contributed by atoms with E-state index in [-0.39, 0.29) is 17.0 Å². The van der Waals surface area contributed by atoms with E-state index in [0.29, 0.717) is 20.4 Å². The van der Waals surface area contributed by atoms with Crippen LogP contribution in [0.25, 0.3) is 10.2 Å². The molecule has 6 nitrogen and oxygen atoms in total. The lowest BCUT2D eigenvalue weighted by Crippen LogP contribution is -2.26. The van der Waals surface area contributed by atoms with E-state index in [0.717, 1.165) is 10.3 Å². The summed E-state index contributed by atoms with van der Waals surface area (Å²) in [5, 5.41) is 0.820. The number of hydrogen-bond donors (Lipinski definition) is 0. The number of carbonyl (C=O) groups is 1. The van der Waals surface area contributed by atoms with E-state index in [1.165, 1.54) is 47.0 Å². The summed E-state index contributed by atoms with van der Waals surface area (Å²) in [6.45, 7) is 0.244. The largest absolute Gasteiger partial charge is 0.318 e. The maximum atomic E-state index is 12.9. The van der Waals surface area contributed by atoms with Crippen LogP contribution in [-0.4, -0.2) is 30.2 Å². The molecule has 1 heterocycles. The molecule has 33 heavy (non-hydrogen) atoms. The van der Waals surface area contributed by atoms with Crippen molar-refractivity contribution in [2.75, 3.05) is 7.05 Å². The number of rotatable bonds is 5. The number of halogens is 2. The number of sulfonamides is 1. The first-order valence-electron chi connectivity index (χ1n) is 9.81. The SMILES string of the molecule is CN(Cc1ccccc1)S(=O)(=O)c1ccc(C(=O)N=c2sc3ccc(Cl)c(Cl)c3n2C)cc1. The van der Waals surface area contributed by atoms with Crippen molar-refractivity contribution in [3.8, 4) is 0 Å². The molecule has 0 radical (unpaired) electrons. The summed E-state index contributed by atoms with van der Waals surface area (Å²) >= 11 is 13.7. The molecule has 0 N–H and O–H groups in total. The van der Waals surface area contributed by atoms with Gasteiger partial charge in [-0.1, -0.05) is 64.9 Å². The highest BCUT2D eigenvalue weighted by Gasteiger charge is 2.21. The summed E-state index contributed by atoms with van der Waals surface area (Å²) < 4.78 is 29.6. The van der Waals surface area contributed by atoms with Crippen LogP contribution in [0, 0.1) is 0 Å². The maximum absolute atomic E-state index is 12.9. The smallest absolute Gasteiger partial charge is 0.279 e. The summed E-state index contributed by atoms with van der Waals surface area (Å²) in [6, 6.07) is 18.6. The molecule has 0 bridgehead atoms. The van der Waals surface area contributed by atoms with Gasteiger partial charge in [0.05, 0.1) is 25.2 Å². The van der Waals surface area contributed by atoms with Crippen LogP contribution in [0.15, 0.2) is 76.6 Å². The predicted molar refractivity (Wildman–Crippen MR) is 132 cm³/mol. The highest BCUT2D eigenvalue weighted by Crippen LogP contribution is 2.31. The van der Waals surface area contributed by atoms with Gasteiger partial charge in [-0.2, -0.15) is 9.30 Å². The number of thiazole rings is 1. The van der Waals surface area contributed by atoms with Gasteiger partial charge in [0.15, 0.2) is 4.80 Å². The van der Waals surface area contributed by atoms with Gasteiger partial charge in [0, 0.05) is 26.2 Å². The van der Waals surface area contributed by atoms with Crippen LogP contribution in [0.1, 0.15) is 15.9 Å². The number of aryl methyl sites for hydroxylation is 1. The van der Waals surface area contributed by atoms with Crippen molar-refractivity contribution >= 4 is 60.7 Å². The lowest BCUT2D eigenvalue weighted by Gasteiger charge is -2.17. The number of hydrogen-bond acceptors (Lipinski definition) is 4. The van der Waals surface area contributed by atoms with E-state index in [9.17, 15) is 13.2 Å². The first-order chi connectivity index (χ1) is 15.7. The van der Waals surface area contributed by atoms with E-state index < -0.39 is 15.9 Å². The minimum absolute atomic E-state index is 0.103. The molecule has 4 rings (SSSR count). The van der Waals surface area contributed by atoms with Crippen molar-refractivity contribution < 1.29 is 13.2 Å². The van der Waals surface area contributed by atoms with Gasteiger partial charge >= 0.3 is 0 Å². The van der Waals surface area contributed by atoms with Gasteiger partial charge < -0.3 is 4.57 Å². The zero-order valence-corrected chi connectivity index (χ0v) is 20.8. The fraction of sp³-hybridized carbons (Fsp3) is 0.130. The molecule has 0 unspecified atom stereocenters. The second kappa shape index (κ2) is 9.40. The number of amides is 1. The molecule has 0 aliphatic rings. The lowest BCUT2D eigenvalue weighted by molar-refractivity contribution is 0.0998. The number of fused-ring (bicyclic) bond motifs is 1. The van der Waals surface area contributed by atoms with E-state index >= 15 is 0 Å². The van der Waals surface area contributed by atoms with Crippen LogP contribution in [0.5, 0.6) is 0 Å². The van der Waals surface area contributed by atoms with Crippen molar-refractivity contribution in [1.29, 1.82) is 0 Å². The Hall–Kier alpha value is -2.49. The number of aromatic nitrogens is 1. The van der Waals surface area contributed by atoms with Gasteiger partial charge in [-0.05, 0) is 42.0 Å². The Morgan fingerprint density at radius 1 is 1.03 bits per heavy atom. The molecule has 0 spiro atoms. The van der Waals surface area contributed by atoms with Gasteiger partial charge in [-0.25, -0.2) is 8.42 Å². The Labute approximate surface area is 205 Å². The topological polar surface area (TPSA) is 71.7 Å². The van der Waals surface area contributed by atoms with Crippen molar-refractivity contribution in [2.45, 2.75) is 11.4 Å². The third kappa shape index (κ3) is 4.76. The number of benzene rings is 3. The molecular formula is C23H19Cl2N3O3S2. The van der Waals surface area contributed by atoms with Gasteiger partial charge in [0.1, 0.15) is 0 Å². The Morgan fingerprint density at radius 2 is 1.70 bits per heavy atom. The Balaban J connectivity index is 1.59. The second-order valence-electron chi connectivity index (χ2n) is 7.34. The Bertz CT molecular complexity index is 1510. The molecule has 1 aromatic heterocycles. The molecule has 0 atom stereocenters. The van der Waals surface area contributed by atoms with Crippen molar-refractivity contribution in [1.82, 2.24) is 8.87 Å². The monoisotopic (exact) mass is 519 g/mol. The van der Waals surface area contributed by atoms with E-state index in [1.54, 1.807) is 17.7 Å². The quantitative estimate of drug-likeness (QED) is 0.367. The molecule has 0 aliphatic heterocycles. The Morgan fingerprint density at radius 3 is 2.36 bits per heavy atom. The zero-order valence-electron chi connectivity index (χ0n) is 17.7. The average Bonchev–Trinajstić information content (AvgIpc) is 3.12. The van der Waals surface area contributed by atoms with Crippen LogP contribution in [0.3, 0.4) is 0 Å². The lowest BCUT2D eigenvalue weighted by atomic mass is 10.2. The minimum atomic E-state index is -3.71. The Kier molecular flexibility index (Phi) is 6.74. The molecular weight excluding hydrogens is 501 g/mol. The fourth-order valence-corrected chi connectivity index (χ4v) is 5.99. The normalized spacial score (nSPS) is 12.6. The second-order valence-corrected chi connectivity index (χ2v) is 11.2. The van der Waals surface area contributed by atoms with Crippen LogP contribution in [0.4, 0.5) is 0 Å². The van der Waals surface area contributed by atoms with Crippen molar-refractivity contribution in [3.05, 3.63) is 92.7 Å². The summed E-state index contributed by atoms with van der Waals surface area (Å²) in [6.07, 6.45) is 0. The third-order valence-electron chi connectivity index (χ3n) is 5.11. The molecule has 10 heteroatoms. The zero-order chi connectivity index (χ0) is 23.8. The van der Waals surface area contributed by atoms with E-state index in [2.05, 4.69) is 4.99 Å². The van der Waals surface area contributed by atoms with Crippen LogP contribution < -0.4 is 4.80 Å². The minimum Gasteiger partial charge on any atom is -0.318 e. The summed E-state index contributed by atoms with van der Waals surface area (Å²) in [7, 11) is -0.430. The van der Waals surface area contributed by atoms with E-state index in [4.69, 9.17) is 23.2 Å². The highest BCUT2D eigenvalue weighted by atomic mass is 35.5. The summed E-state index contributed by atoms with van der Waals surface area (Å²) in [5.74, 6) is -0.485. The standard InChI is InChI=1S/C23H19Cl2N3O3S2/c1-27(14-15-6-4-3-5-7-15)33(30,31)17-10-8-16(9-11-17)22(29)26-23-28(2)21-19(32-23)13-12-18(24)20(21)25/h3-13H,14H2,1-2H3. The fourth-order valence-electron chi connectivity index (χ4n) is 3.30. The number of carbonyl (C=O) groups excluding carboxylic acids is 1. The molecule has 0 saturated carbocycles. The highest BCUT2D eigenvalue weighted by molar-refractivity contribution is 7.89. The van der Waals surface area contributed by atoms with Crippen molar-refractivity contribution in [3.63, 3.8) is 0 Å².